The topological polar surface area (TPSA) is 6.48 Å². The average molecular weight is 160 g/mol. The fraction of sp³-hybridized carbons (Fsp3) is 1.00. The van der Waals surface area contributed by atoms with E-state index in [1.807, 2.05) is 0 Å². The summed E-state index contributed by atoms with van der Waals surface area (Å²) >= 11 is 4.49. The molecule has 2 atom stereocenters. The van der Waals surface area contributed by atoms with Gasteiger partial charge in [-0.05, 0) is 5.92 Å². The predicted octanol–water partition coefficient (Wildman–Crippen LogP) is 0.713. The van der Waals surface area contributed by atoms with Crippen molar-refractivity contribution in [1.82, 2.24) is 10.0 Å². The Bertz CT molecular complexity index is 92.2. The number of rotatable bonds is 0. The third kappa shape index (κ3) is 1.65. The average Bonchev–Trinajstić information content (AvgIpc) is 1.84. The maximum absolute atomic E-state index is 4.49. The third-order valence-corrected chi connectivity index (χ3v) is 2.92. The summed E-state index contributed by atoms with van der Waals surface area (Å²) in [6.45, 7) is 4.45. The van der Waals surface area contributed by atoms with Gasteiger partial charge in [0.05, 0.1) is 0 Å². The molecule has 1 rings (SSSR count). The van der Waals surface area contributed by atoms with Gasteiger partial charge in [-0.1, -0.05) is 6.92 Å². The molecule has 0 amide bonds. The normalized spacial score (nSPS) is 38.4. The first-order valence-electron chi connectivity index (χ1n) is 3.71. The van der Waals surface area contributed by atoms with Gasteiger partial charge in [0.1, 0.15) is 0 Å². The number of hydrogen-bond donors (Lipinski definition) is 1. The lowest BCUT2D eigenvalue weighted by molar-refractivity contribution is -0.0182. The molecule has 1 aliphatic heterocycles. The van der Waals surface area contributed by atoms with Crippen molar-refractivity contribution in [3.63, 3.8) is 0 Å². The summed E-state index contributed by atoms with van der Waals surface area (Å²) in [5.41, 5.74) is 0. The van der Waals surface area contributed by atoms with Crippen molar-refractivity contribution < 1.29 is 0 Å². The highest BCUT2D eigenvalue weighted by Gasteiger charge is 2.24. The molecule has 0 spiro atoms. The molecule has 10 heavy (non-hydrogen) atoms. The van der Waals surface area contributed by atoms with Crippen LogP contribution in [0.5, 0.6) is 0 Å². The zero-order valence-corrected chi connectivity index (χ0v) is 7.80. The fourth-order valence-corrected chi connectivity index (χ4v) is 1.60. The summed E-state index contributed by atoms with van der Waals surface area (Å²) in [4.78, 5) is 0. The Balaban J connectivity index is 2.46. The molecule has 0 saturated carbocycles. The van der Waals surface area contributed by atoms with Crippen LogP contribution in [0.2, 0.25) is 0 Å². The molecule has 60 valence electrons. The molecule has 0 aromatic heterocycles. The van der Waals surface area contributed by atoms with E-state index in [2.05, 4.69) is 43.7 Å². The van der Waals surface area contributed by atoms with Crippen molar-refractivity contribution in [3.8, 4) is 0 Å². The first-order valence-corrected chi connectivity index (χ1v) is 4.23. The van der Waals surface area contributed by atoms with E-state index in [-0.39, 0.29) is 0 Å². The molecule has 1 heterocycles. The van der Waals surface area contributed by atoms with Crippen molar-refractivity contribution in [3.05, 3.63) is 0 Å². The van der Waals surface area contributed by atoms with Crippen molar-refractivity contribution in [2.75, 3.05) is 27.2 Å². The Labute approximate surface area is 68.6 Å². The van der Waals surface area contributed by atoms with Gasteiger partial charge in [0.25, 0.3) is 0 Å². The van der Waals surface area contributed by atoms with E-state index in [1.54, 1.807) is 0 Å². The number of hydrogen-bond acceptors (Lipinski definition) is 3. The quantitative estimate of drug-likeness (QED) is 0.522. The van der Waals surface area contributed by atoms with E-state index in [0.29, 0.717) is 11.2 Å². The Hall–Kier alpha value is 0.270. The van der Waals surface area contributed by atoms with Gasteiger partial charge in [-0.15, -0.1) is 0 Å². The van der Waals surface area contributed by atoms with Crippen molar-refractivity contribution >= 4 is 12.6 Å². The minimum absolute atomic E-state index is 0.543. The highest BCUT2D eigenvalue weighted by molar-refractivity contribution is 7.81. The summed E-state index contributed by atoms with van der Waals surface area (Å²) < 4.78 is 0. The Morgan fingerprint density at radius 3 is 2.20 bits per heavy atom. The van der Waals surface area contributed by atoms with Gasteiger partial charge in [-0.25, -0.2) is 10.0 Å². The van der Waals surface area contributed by atoms with E-state index in [4.69, 9.17) is 0 Å². The molecule has 0 aromatic rings. The molecule has 0 N–H and O–H groups in total. The van der Waals surface area contributed by atoms with Crippen LogP contribution in [0.25, 0.3) is 0 Å². The van der Waals surface area contributed by atoms with Gasteiger partial charge in [-0.2, -0.15) is 12.6 Å². The van der Waals surface area contributed by atoms with Crippen LogP contribution in [-0.4, -0.2) is 42.5 Å². The molecule has 2 unspecified atom stereocenters. The molecule has 1 saturated heterocycles. The molecule has 0 aliphatic carbocycles. The molecule has 1 fully saturated rings. The minimum atomic E-state index is 0.543. The first-order chi connectivity index (χ1) is 4.61. The SMILES string of the molecule is CC1CN(C)N(C)CC1S. The van der Waals surface area contributed by atoms with Gasteiger partial charge >= 0.3 is 0 Å². The lowest BCUT2D eigenvalue weighted by atomic mass is 10.1. The zero-order valence-electron chi connectivity index (χ0n) is 6.91. The van der Waals surface area contributed by atoms with Crippen molar-refractivity contribution in [2.45, 2.75) is 12.2 Å². The lowest BCUT2D eigenvalue weighted by Gasteiger charge is -2.39. The third-order valence-electron chi connectivity index (χ3n) is 2.24. The fourth-order valence-electron chi connectivity index (χ4n) is 1.27. The van der Waals surface area contributed by atoms with Crippen LogP contribution in [0.1, 0.15) is 6.92 Å². The first kappa shape index (κ1) is 8.37. The monoisotopic (exact) mass is 160 g/mol. The maximum Gasteiger partial charge on any atom is 0.0250 e. The summed E-state index contributed by atoms with van der Waals surface area (Å²) in [7, 11) is 4.23. The van der Waals surface area contributed by atoms with Crippen LogP contribution in [-0.2, 0) is 0 Å². The molecule has 0 radical (unpaired) electrons. The molecular weight excluding hydrogens is 144 g/mol. The Morgan fingerprint density at radius 2 is 1.70 bits per heavy atom. The van der Waals surface area contributed by atoms with Crippen LogP contribution in [0, 0.1) is 5.92 Å². The second-order valence-electron chi connectivity index (χ2n) is 3.23. The van der Waals surface area contributed by atoms with Crippen molar-refractivity contribution in [1.29, 1.82) is 0 Å². The second kappa shape index (κ2) is 3.11. The minimum Gasteiger partial charge on any atom is -0.245 e. The van der Waals surface area contributed by atoms with Crippen molar-refractivity contribution in [2.24, 2.45) is 5.92 Å². The number of nitrogens with zero attached hydrogens (tertiary/aromatic N) is 2. The zero-order chi connectivity index (χ0) is 7.72. The van der Waals surface area contributed by atoms with Crippen LogP contribution < -0.4 is 0 Å². The highest BCUT2D eigenvalue weighted by Crippen LogP contribution is 2.18. The van der Waals surface area contributed by atoms with E-state index < -0.39 is 0 Å². The Morgan fingerprint density at radius 1 is 1.20 bits per heavy atom. The van der Waals surface area contributed by atoms with E-state index in [1.165, 1.54) is 0 Å². The van der Waals surface area contributed by atoms with Gasteiger partial charge < -0.3 is 0 Å². The smallest absolute Gasteiger partial charge is 0.0250 e. The van der Waals surface area contributed by atoms with Gasteiger partial charge in [0.15, 0.2) is 0 Å². The van der Waals surface area contributed by atoms with Crippen LogP contribution in [0.15, 0.2) is 0 Å². The van der Waals surface area contributed by atoms with Gasteiger partial charge in [0, 0.05) is 32.4 Å². The van der Waals surface area contributed by atoms with Crippen LogP contribution >= 0.6 is 12.6 Å². The van der Waals surface area contributed by atoms with Gasteiger partial charge in [-0.3, -0.25) is 0 Å². The maximum atomic E-state index is 4.49. The van der Waals surface area contributed by atoms with E-state index in [9.17, 15) is 0 Å². The standard InChI is InChI=1S/C7H16N2S/c1-6-4-8(2)9(3)5-7(6)10/h6-7,10H,4-5H2,1-3H3. The number of thiol groups is 1. The molecule has 3 heteroatoms. The molecule has 0 aromatic carbocycles. The van der Waals surface area contributed by atoms with Crippen LogP contribution in [0.3, 0.4) is 0 Å². The predicted molar refractivity (Wildman–Crippen MR) is 47.2 cm³/mol. The summed E-state index contributed by atoms with van der Waals surface area (Å²) in [5, 5.41) is 5.01. The summed E-state index contributed by atoms with van der Waals surface area (Å²) in [5.74, 6) is 0.713. The molecular formula is C7H16N2S. The van der Waals surface area contributed by atoms with Crippen LogP contribution in [0.4, 0.5) is 0 Å². The molecule has 1 aliphatic rings. The molecule has 2 nitrogen and oxygen atoms in total. The van der Waals surface area contributed by atoms with Gasteiger partial charge in [0.2, 0.25) is 0 Å². The second-order valence-corrected chi connectivity index (χ2v) is 3.89. The lowest BCUT2D eigenvalue weighted by Crippen LogP contribution is -2.50. The van der Waals surface area contributed by atoms with E-state index >= 15 is 0 Å². The summed E-state index contributed by atoms with van der Waals surface area (Å²) in [6, 6.07) is 0. The Kier molecular flexibility index (Phi) is 2.61. The highest BCUT2D eigenvalue weighted by atomic mass is 32.1. The summed E-state index contributed by atoms with van der Waals surface area (Å²) in [6.07, 6.45) is 0. The van der Waals surface area contributed by atoms with E-state index in [0.717, 1.165) is 13.1 Å². The largest absolute Gasteiger partial charge is 0.245 e. The molecule has 0 bridgehead atoms. The number of hydrazine groups is 1.